The second-order valence-corrected chi connectivity index (χ2v) is 9.20. The number of H-pyrrole nitrogens is 2. The van der Waals surface area contributed by atoms with E-state index >= 15 is 0 Å². The number of nitrogens with one attached hydrogen (secondary N) is 5. The number of hydrogen-bond acceptors (Lipinski definition) is 9. The Labute approximate surface area is 232 Å². The van der Waals surface area contributed by atoms with Crippen LogP contribution in [0.5, 0.6) is 5.75 Å². The fourth-order valence-electron chi connectivity index (χ4n) is 4.27. The van der Waals surface area contributed by atoms with Crippen molar-refractivity contribution in [3.8, 4) is 16.9 Å². The predicted octanol–water partition coefficient (Wildman–Crippen LogP) is 5.58. The van der Waals surface area contributed by atoms with Gasteiger partial charge in [0, 0.05) is 54.2 Å². The summed E-state index contributed by atoms with van der Waals surface area (Å²) in [7, 11) is 0. The lowest BCUT2D eigenvalue weighted by atomic mass is 10.1. The lowest BCUT2D eigenvalue weighted by Gasteiger charge is -2.14. The van der Waals surface area contributed by atoms with Crippen LogP contribution in [0.2, 0.25) is 0 Å². The van der Waals surface area contributed by atoms with Crippen molar-refractivity contribution < 1.29 is 27.2 Å². The molecule has 0 aliphatic heterocycles. The zero-order chi connectivity index (χ0) is 28.5. The van der Waals surface area contributed by atoms with Gasteiger partial charge < -0.3 is 29.9 Å². The summed E-state index contributed by atoms with van der Waals surface area (Å²) in [5.41, 5.74) is 4.79. The molecule has 0 bridgehead atoms. The van der Waals surface area contributed by atoms with E-state index < -0.39 is 6.36 Å². The Morgan fingerprint density at radius 3 is 2.66 bits per heavy atom. The third kappa shape index (κ3) is 8.22. The fourth-order valence-corrected chi connectivity index (χ4v) is 4.27. The van der Waals surface area contributed by atoms with Crippen molar-refractivity contribution in [2.24, 2.45) is 0 Å². The molecule has 0 saturated carbocycles. The zero-order valence-corrected chi connectivity index (χ0v) is 21.9. The van der Waals surface area contributed by atoms with Gasteiger partial charge in [0.05, 0.1) is 30.7 Å². The van der Waals surface area contributed by atoms with E-state index in [9.17, 15) is 13.2 Å². The molecule has 5 aromatic rings. The second kappa shape index (κ2) is 13.2. The highest BCUT2D eigenvalue weighted by Gasteiger charge is 2.31. The molecule has 216 valence electrons. The van der Waals surface area contributed by atoms with Crippen LogP contribution in [0.3, 0.4) is 0 Å². The molecule has 2 aromatic carbocycles. The van der Waals surface area contributed by atoms with Crippen LogP contribution < -0.4 is 20.7 Å². The van der Waals surface area contributed by atoms with E-state index in [1.807, 2.05) is 12.1 Å². The summed E-state index contributed by atoms with van der Waals surface area (Å²) >= 11 is 0. The van der Waals surface area contributed by atoms with Crippen molar-refractivity contribution >= 4 is 28.1 Å². The van der Waals surface area contributed by atoms with Crippen molar-refractivity contribution in [3.05, 3.63) is 66.8 Å². The van der Waals surface area contributed by atoms with Gasteiger partial charge in [0.25, 0.3) is 0 Å². The molecule has 0 unspecified atom stereocenters. The summed E-state index contributed by atoms with van der Waals surface area (Å²) in [6.07, 6.45) is 3.48. The number of unbranched alkanes of at least 4 members (excludes halogenated alkanes) is 1. The van der Waals surface area contributed by atoms with Gasteiger partial charge >= 0.3 is 6.36 Å². The largest absolute Gasteiger partial charge is 0.573 e. The summed E-state index contributed by atoms with van der Waals surface area (Å²) in [5.74, 6) is 0.262. The maximum atomic E-state index is 12.8. The van der Waals surface area contributed by atoms with Crippen molar-refractivity contribution in [3.63, 3.8) is 0 Å². The second-order valence-electron chi connectivity index (χ2n) is 9.20. The number of benzene rings is 2. The number of hydrogen-bond donors (Lipinski definition) is 5. The van der Waals surface area contributed by atoms with Gasteiger partial charge in [-0.15, -0.1) is 13.2 Å². The third-order valence-corrected chi connectivity index (χ3v) is 6.09. The molecule has 0 amide bonds. The molecule has 0 aliphatic rings. The lowest BCUT2D eigenvalue weighted by Crippen LogP contribution is -2.18. The first-order valence-corrected chi connectivity index (χ1v) is 13.0. The molecule has 5 N–H and O–H groups in total. The summed E-state index contributed by atoms with van der Waals surface area (Å²) < 4.78 is 53.2. The molecule has 41 heavy (non-hydrogen) atoms. The topological polar surface area (TPSA) is 138 Å². The Morgan fingerprint density at radius 2 is 1.85 bits per heavy atom. The number of anilines is 3. The first-order chi connectivity index (χ1) is 19.9. The summed E-state index contributed by atoms with van der Waals surface area (Å²) in [6, 6.07) is 10.1. The van der Waals surface area contributed by atoms with Crippen LogP contribution in [0.25, 0.3) is 22.0 Å². The highest BCUT2D eigenvalue weighted by Crippen LogP contribution is 2.30. The lowest BCUT2D eigenvalue weighted by molar-refractivity contribution is -0.274. The summed E-state index contributed by atoms with van der Waals surface area (Å²) in [5, 5.41) is 28.1. The van der Waals surface area contributed by atoms with Gasteiger partial charge in [-0.2, -0.15) is 10.2 Å². The van der Waals surface area contributed by atoms with Gasteiger partial charge in [0.1, 0.15) is 17.8 Å². The Bertz CT molecular complexity index is 1500. The Kier molecular flexibility index (Phi) is 9.01. The smallest absolute Gasteiger partial charge is 0.406 e. The number of ether oxygens (including phenoxy) is 2. The Hall–Kier alpha value is -4.56. The molecule has 11 nitrogen and oxygen atoms in total. The fraction of sp³-hybridized carbons (Fsp3) is 0.296. The first kappa shape index (κ1) is 28.0. The van der Waals surface area contributed by atoms with E-state index in [2.05, 4.69) is 46.2 Å². The zero-order valence-electron chi connectivity index (χ0n) is 21.9. The minimum atomic E-state index is -4.78. The van der Waals surface area contributed by atoms with Gasteiger partial charge in [-0.25, -0.2) is 0 Å². The third-order valence-electron chi connectivity index (χ3n) is 6.09. The average Bonchev–Trinajstić information content (AvgIpc) is 3.71. The molecule has 0 spiro atoms. The molecule has 3 aromatic heterocycles. The minimum absolute atomic E-state index is 0.292. The number of halogens is 3. The number of aromatic amines is 2. The number of rotatable bonds is 15. The van der Waals surface area contributed by atoms with E-state index in [0.29, 0.717) is 49.9 Å². The normalized spacial score (nSPS) is 11.7. The van der Waals surface area contributed by atoms with Crippen molar-refractivity contribution in [2.75, 3.05) is 36.9 Å². The molecule has 0 radical (unpaired) electrons. The van der Waals surface area contributed by atoms with Crippen LogP contribution in [0.4, 0.5) is 30.4 Å². The van der Waals surface area contributed by atoms with Crippen molar-refractivity contribution in [1.29, 1.82) is 0 Å². The van der Waals surface area contributed by atoms with E-state index in [4.69, 9.17) is 9.26 Å². The van der Waals surface area contributed by atoms with E-state index in [1.54, 1.807) is 37.0 Å². The van der Waals surface area contributed by atoms with E-state index in [0.717, 1.165) is 40.6 Å². The van der Waals surface area contributed by atoms with Crippen molar-refractivity contribution in [1.82, 2.24) is 30.9 Å². The van der Waals surface area contributed by atoms with Crippen molar-refractivity contribution in [2.45, 2.75) is 25.7 Å². The van der Waals surface area contributed by atoms with Crippen LogP contribution in [0.15, 0.2) is 65.8 Å². The molecule has 0 atom stereocenters. The van der Waals surface area contributed by atoms with E-state index in [1.165, 1.54) is 12.1 Å². The van der Waals surface area contributed by atoms with Gasteiger partial charge in [-0.3, -0.25) is 10.2 Å². The average molecular weight is 571 g/mol. The molecule has 5 rings (SSSR count). The Morgan fingerprint density at radius 1 is 0.927 bits per heavy atom. The maximum Gasteiger partial charge on any atom is 0.573 e. The molecular formula is C27H29F3N8O3. The molecule has 14 heteroatoms. The molecule has 3 heterocycles. The number of fused-ring (bicyclic) bond motifs is 1. The quantitative estimate of drug-likeness (QED) is 0.102. The Balaban J connectivity index is 1.01. The van der Waals surface area contributed by atoms with Gasteiger partial charge in [-0.05, 0) is 54.8 Å². The van der Waals surface area contributed by atoms with Crippen LogP contribution >= 0.6 is 0 Å². The number of aromatic nitrogens is 5. The van der Waals surface area contributed by atoms with Gasteiger partial charge in [0.2, 0.25) is 0 Å². The van der Waals surface area contributed by atoms with E-state index in [-0.39, 0.29) is 5.75 Å². The van der Waals surface area contributed by atoms with Gasteiger partial charge in [0.15, 0.2) is 0 Å². The molecule has 0 saturated heterocycles. The van der Waals surface area contributed by atoms with Crippen LogP contribution in [-0.2, 0) is 11.3 Å². The first-order valence-electron chi connectivity index (χ1n) is 13.0. The number of alkyl halides is 3. The molecule has 0 aliphatic carbocycles. The number of nitrogens with zero attached hydrogens (tertiary/aromatic N) is 3. The minimum Gasteiger partial charge on any atom is -0.406 e. The summed E-state index contributed by atoms with van der Waals surface area (Å²) in [6.45, 7) is 2.81. The molecule has 0 fully saturated rings. The highest BCUT2D eigenvalue weighted by atomic mass is 19.4. The standard InChI is InChI=1S/C27H29F3N8O3/c28-27(29,30)41-22-10-18(9-21(13-22)36-26-3-5-33-38-26)14-31-4-1-2-7-39-8-6-32-24-11-19(20-15-35-40-17-20)12-25-23(24)16-34-37-25/h3,5,9-13,15-17,31-32H,1-2,4,6-8,14H2,(H,34,37)(H2,33,36,38). The van der Waals surface area contributed by atoms with Crippen LogP contribution in [0, 0.1) is 0 Å². The monoisotopic (exact) mass is 570 g/mol. The summed E-state index contributed by atoms with van der Waals surface area (Å²) in [4.78, 5) is 0. The highest BCUT2D eigenvalue weighted by molar-refractivity contribution is 5.95. The SMILES string of the molecule is FC(F)(F)Oc1cc(CNCCCCOCCNc2cc(-c3cnoc3)cc3[nH]ncc23)cc(Nc2ccn[nH]2)c1. The van der Waals surface area contributed by atoms with Gasteiger partial charge in [-0.1, -0.05) is 5.16 Å². The molecular weight excluding hydrogens is 541 g/mol. The van der Waals surface area contributed by atoms with Crippen LogP contribution in [0.1, 0.15) is 18.4 Å². The maximum absolute atomic E-state index is 12.8. The predicted molar refractivity (Wildman–Crippen MR) is 147 cm³/mol. The van der Waals surface area contributed by atoms with Crippen LogP contribution in [-0.4, -0.2) is 58.2 Å².